The zero-order valence-electron chi connectivity index (χ0n) is 1.60. The van der Waals surface area contributed by atoms with Crippen LogP contribution in [-0.2, 0) is 22.4 Å². The maximum absolute atomic E-state index is 8.11. The topological polar surface area (TPSA) is 49.7 Å². The van der Waals surface area contributed by atoms with Crippen molar-refractivity contribution < 1.29 is 27.6 Å². The molecule has 0 spiro atoms. The van der Waals surface area contributed by atoms with Gasteiger partial charge in [0.2, 0.25) is 0 Å². The standard InChI is InChI=1S/Au.HNO2/c;2-1-3/h;(H,2,3). The molecular formula is HAuNO2. The molecule has 29 valence electrons. The molecule has 0 rings (SSSR count). The Morgan fingerprint density at radius 2 is 1.75 bits per heavy atom. The average molecular weight is 244 g/mol. The Bertz CT molecular complexity index is 13.5. The van der Waals surface area contributed by atoms with Gasteiger partial charge in [-0.15, -0.1) is 4.91 Å². The van der Waals surface area contributed by atoms with Gasteiger partial charge in [-0.1, -0.05) is 0 Å². The molecule has 3 nitrogen and oxygen atoms in total. The van der Waals surface area contributed by atoms with Crippen LogP contribution in [0.3, 0.4) is 0 Å². The van der Waals surface area contributed by atoms with E-state index in [4.69, 9.17) is 10.1 Å². The second-order valence-corrected chi connectivity index (χ2v) is 0.0816. The minimum atomic E-state index is 0. The quantitative estimate of drug-likeness (QED) is 0.374. The fraction of sp³-hybridized carbons (Fsp3) is 0. The van der Waals surface area contributed by atoms with Crippen molar-refractivity contribution in [2.45, 2.75) is 0 Å². The molecule has 0 atom stereocenters. The first-order valence-electron chi connectivity index (χ1n) is 0.383. The van der Waals surface area contributed by atoms with Crippen LogP contribution in [0.25, 0.3) is 0 Å². The zero-order valence-corrected chi connectivity index (χ0v) is 3.77. The smallest absolute Gasteiger partial charge is 0.152 e. The minimum absolute atomic E-state index is 0. The van der Waals surface area contributed by atoms with Crippen LogP contribution in [0.5, 0.6) is 0 Å². The number of nitrogens with zero attached hydrogens (tertiary/aromatic N) is 1. The predicted molar refractivity (Wildman–Crippen MR) is 7.58 cm³/mol. The first-order valence-corrected chi connectivity index (χ1v) is 0.383. The molecule has 0 saturated heterocycles. The van der Waals surface area contributed by atoms with Crippen molar-refractivity contribution in [2.24, 2.45) is 5.34 Å². The minimum Gasteiger partial charge on any atom is -0.379 e. The summed E-state index contributed by atoms with van der Waals surface area (Å²) in [6.07, 6.45) is 0. The molecule has 0 heterocycles. The molecule has 0 aliphatic carbocycles. The summed E-state index contributed by atoms with van der Waals surface area (Å²) in [5.41, 5.74) is 0. The van der Waals surface area contributed by atoms with E-state index >= 15 is 0 Å². The molecule has 0 bridgehead atoms. The molecule has 0 aliphatic heterocycles. The van der Waals surface area contributed by atoms with Crippen LogP contribution < -0.4 is 0 Å². The summed E-state index contributed by atoms with van der Waals surface area (Å²) in [7, 11) is 0. The van der Waals surface area contributed by atoms with Crippen LogP contribution >= 0.6 is 0 Å². The molecule has 0 saturated carbocycles. The van der Waals surface area contributed by atoms with Gasteiger partial charge in [0.1, 0.15) is 0 Å². The van der Waals surface area contributed by atoms with Crippen molar-refractivity contribution in [3.05, 3.63) is 4.91 Å². The summed E-state index contributed by atoms with van der Waals surface area (Å²) in [5, 5.41) is 7.89. The molecule has 0 aliphatic rings. The Labute approximate surface area is 38.5 Å². The van der Waals surface area contributed by atoms with Crippen molar-refractivity contribution in [2.75, 3.05) is 0 Å². The molecule has 0 aromatic rings. The van der Waals surface area contributed by atoms with Gasteiger partial charge in [-0.2, -0.15) is 0 Å². The summed E-state index contributed by atoms with van der Waals surface area (Å²) < 4.78 is 0. The molecule has 1 radical (unpaired) electrons. The average Bonchev–Trinajstić information content (AvgIpc) is 0.918. The summed E-state index contributed by atoms with van der Waals surface area (Å²) in [4.78, 5) is 8.11. The Morgan fingerprint density at radius 1 is 1.75 bits per heavy atom. The summed E-state index contributed by atoms with van der Waals surface area (Å²) in [6, 6.07) is 0. The van der Waals surface area contributed by atoms with Crippen LogP contribution in [-0.4, -0.2) is 5.21 Å². The third kappa shape index (κ3) is 141. The van der Waals surface area contributed by atoms with Crippen LogP contribution in [0.4, 0.5) is 0 Å². The van der Waals surface area contributed by atoms with E-state index in [-0.39, 0.29) is 22.4 Å². The van der Waals surface area contributed by atoms with Crippen molar-refractivity contribution in [3.63, 3.8) is 0 Å². The van der Waals surface area contributed by atoms with Crippen LogP contribution in [0.2, 0.25) is 0 Å². The van der Waals surface area contributed by atoms with Crippen molar-refractivity contribution in [1.29, 1.82) is 0 Å². The molecule has 4 heteroatoms. The maximum atomic E-state index is 8.11. The first kappa shape index (κ1) is 8.91. The van der Waals surface area contributed by atoms with Gasteiger partial charge in [0.25, 0.3) is 0 Å². The summed E-state index contributed by atoms with van der Waals surface area (Å²) >= 11 is 0. The Hall–Kier alpha value is 0.140. The Morgan fingerprint density at radius 3 is 1.75 bits per heavy atom. The van der Waals surface area contributed by atoms with Gasteiger partial charge in [0.15, 0.2) is 5.34 Å². The Kier molecular flexibility index (Phi) is 24.7. The first-order chi connectivity index (χ1) is 1.41. The second kappa shape index (κ2) is 11.1. The maximum Gasteiger partial charge on any atom is 0.152 e. The summed E-state index contributed by atoms with van der Waals surface area (Å²) in [5.74, 6) is 0. The van der Waals surface area contributed by atoms with Gasteiger partial charge < -0.3 is 5.21 Å². The number of hydrogen-bond donors (Lipinski definition) is 1. The van der Waals surface area contributed by atoms with Gasteiger partial charge in [-0.05, 0) is 0 Å². The molecule has 0 aromatic heterocycles. The van der Waals surface area contributed by atoms with Gasteiger partial charge in [0, 0.05) is 22.4 Å². The Balaban J connectivity index is 0. The second-order valence-electron chi connectivity index (χ2n) is 0.0816. The van der Waals surface area contributed by atoms with Crippen LogP contribution in [0, 0.1) is 4.91 Å². The van der Waals surface area contributed by atoms with Crippen LogP contribution in [0.15, 0.2) is 5.34 Å². The van der Waals surface area contributed by atoms with Gasteiger partial charge in [0.05, 0.1) is 0 Å². The molecule has 1 N–H and O–H groups in total. The van der Waals surface area contributed by atoms with E-state index < -0.39 is 0 Å². The zero-order chi connectivity index (χ0) is 2.71. The molecule has 0 amide bonds. The third-order valence-electron chi connectivity index (χ3n) is 0. The number of rotatable bonds is 0. The largest absolute Gasteiger partial charge is 0.379 e. The molecule has 4 heavy (non-hydrogen) atoms. The van der Waals surface area contributed by atoms with Crippen molar-refractivity contribution in [1.82, 2.24) is 0 Å². The fourth-order valence-corrected chi connectivity index (χ4v) is 0. The van der Waals surface area contributed by atoms with E-state index in [0.29, 0.717) is 0 Å². The predicted octanol–water partition coefficient (Wildman–Crippen LogP) is 0.140. The van der Waals surface area contributed by atoms with Crippen LogP contribution in [0.1, 0.15) is 0 Å². The summed E-state index contributed by atoms with van der Waals surface area (Å²) in [6.45, 7) is 0. The van der Waals surface area contributed by atoms with E-state index in [1.807, 2.05) is 0 Å². The third-order valence-corrected chi connectivity index (χ3v) is 0. The van der Waals surface area contributed by atoms with Gasteiger partial charge in [-0.25, -0.2) is 0 Å². The van der Waals surface area contributed by atoms with Gasteiger partial charge in [-0.3, -0.25) is 0 Å². The van der Waals surface area contributed by atoms with E-state index in [2.05, 4.69) is 0 Å². The van der Waals surface area contributed by atoms with E-state index in [0.717, 1.165) is 0 Å². The van der Waals surface area contributed by atoms with Crippen molar-refractivity contribution in [3.8, 4) is 0 Å². The van der Waals surface area contributed by atoms with E-state index in [9.17, 15) is 0 Å². The molecule has 0 unspecified atom stereocenters. The van der Waals surface area contributed by atoms with Crippen molar-refractivity contribution >= 4 is 0 Å². The molecule has 0 aromatic carbocycles. The molecule has 0 fully saturated rings. The SMILES string of the molecule is O=NO.[Au]. The molecular weight excluding hydrogens is 243 g/mol. The van der Waals surface area contributed by atoms with E-state index in [1.165, 1.54) is 5.34 Å². The monoisotopic (exact) mass is 244 g/mol. The number of hydrogen-bond acceptors (Lipinski definition) is 2. The van der Waals surface area contributed by atoms with E-state index in [1.54, 1.807) is 0 Å². The van der Waals surface area contributed by atoms with Gasteiger partial charge >= 0.3 is 0 Å². The fourth-order valence-electron chi connectivity index (χ4n) is 0. The normalized spacial score (nSPS) is 3.00.